The molecule has 122 valence electrons. The first-order valence-electron chi connectivity index (χ1n) is 6.32. The van der Waals surface area contributed by atoms with Gasteiger partial charge in [-0.05, 0) is 35.9 Å². The Labute approximate surface area is 137 Å². The van der Waals surface area contributed by atoms with Crippen molar-refractivity contribution < 1.29 is 27.4 Å². The van der Waals surface area contributed by atoms with Crippen LogP contribution in [0.5, 0.6) is 5.75 Å². The van der Waals surface area contributed by atoms with E-state index in [1.165, 1.54) is 18.2 Å². The zero-order chi connectivity index (χ0) is 17.2. The molecular formula is C15H12ClFO5S. The zero-order valence-electron chi connectivity index (χ0n) is 11.9. The number of methoxy groups -OCH3 is 1. The second-order valence-electron chi connectivity index (χ2n) is 4.68. The van der Waals surface area contributed by atoms with Gasteiger partial charge in [0, 0.05) is 5.02 Å². The van der Waals surface area contributed by atoms with E-state index in [0.29, 0.717) is 0 Å². The highest BCUT2D eigenvalue weighted by Gasteiger charge is 2.21. The molecule has 1 N–H and O–H groups in total. The maximum absolute atomic E-state index is 13.7. The number of aromatic hydroxyl groups is 1. The maximum Gasteiger partial charge on any atom is 0.341 e. The number of esters is 1. The molecule has 0 saturated carbocycles. The predicted molar refractivity (Wildman–Crippen MR) is 81.7 cm³/mol. The van der Waals surface area contributed by atoms with Gasteiger partial charge in [-0.15, -0.1) is 0 Å². The van der Waals surface area contributed by atoms with Crippen LogP contribution in [0.25, 0.3) is 0 Å². The molecule has 0 aromatic heterocycles. The normalized spacial score (nSPS) is 11.3. The van der Waals surface area contributed by atoms with Crippen molar-refractivity contribution in [3.8, 4) is 5.75 Å². The highest BCUT2D eigenvalue weighted by Crippen LogP contribution is 2.26. The largest absolute Gasteiger partial charge is 0.507 e. The van der Waals surface area contributed by atoms with Crippen LogP contribution in [0.4, 0.5) is 4.39 Å². The maximum atomic E-state index is 13.7. The third-order valence-corrected chi connectivity index (χ3v) is 4.98. The van der Waals surface area contributed by atoms with Gasteiger partial charge in [-0.2, -0.15) is 0 Å². The molecule has 0 amide bonds. The standard InChI is InChI=1S/C15H12ClFO5S/c1-22-15(19)11-4-2-9(6-13(11)18)8-23(20,21)14-7-10(16)3-5-12(14)17/h2-7,18H,8H2,1H3. The van der Waals surface area contributed by atoms with E-state index in [0.717, 1.165) is 25.3 Å². The number of carbonyl (C=O) groups excluding carboxylic acids is 1. The molecule has 23 heavy (non-hydrogen) atoms. The van der Waals surface area contributed by atoms with Crippen LogP contribution in [0.1, 0.15) is 15.9 Å². The number of carbonyl (C=O) groups is 1. The number of hydrogen-bond acceptors (Lipinski definition) is 5. The Morgan fingerprint density at radius 2 is 1.96 bits per heavy atom. The topological polar surface area (TPSA) is 80.7 Å². The molecule has 0 bridgehead atoms. The molecular weight excluding hydrogens is 347 g/mol. The monoisotopic (exact) mass is 358 g/mol. The third kappa shape index (κ3) is 3.80. The van der Waals surface area contributed by atoms with Crippen molar-refractivity contribution in [1.29, 1.82) is 0 Å². The lowest BCUT2D eigenvalue weighted by atomic mass is 10.1. The van der Waals surface area contributed by atoms with Crippen LogP contribution in [0.2, 0.25) is 5.02 Å². The summed E-state index contributed by atoms with van der Waals surface area (Å²) in [5, 5.41) is 9.86. The van der Waals surface area contributed by atoms with E-state index in [-0.39, 0.29) is 16.1 Å². The van der Waals surface area contributed by atoms with Gasteiger partial charge >= 0.3 is 5.97 Å². The number of halogens is 2. The zero-order valence-corrected chi connectivity index (χ0v) is 13.5. The Balaban J connectivity index is 2.36. The molecule has 0 unspecified atom stereocenters. The number of hydrogen-bond donors (Lipinski definition) is 1. The number of phenols is 1. The second kappa shape index (κ2) is 6.55. The van der Waals surface area contributed by atoms with E-state index in [1.807, 2.05) is 0 Å². The number of benzene rings is 2. The van der Waals surface area contributed by atoms with Crippen LogP contribution in [0.3, 0.4) is 0 Å². The summed E-state index contributed by atoms with van der Waals surface area (Å²) < 4.78 is 42.8. The summed E-state index contributed by atoms with van der Waals surface area (Å²) in [5.74, 6) is -2.64. The Morgan fingerprint density at radius 1 is 1.26 bits per heavy atom. The summed E-state index contributed by atoms with van der Waals surface area (Å²) in [5.41, 5.74) is 0.0945. The van der Waals surface area contributed by atoms with Crippen molar-refractivity contribution in [2.24, 2.45) is 0 Å². The first kappa shape index (κ1) is 17.2. The van der Waals surface area contributed by atoms with Crippen LogP contribution in [0.15, 0.2) is 41.3 Å². The van der Waals surface area contributed by atoms with Gasteiger partial charge in [-0.3, -0.25) is 0 Å². The van der Waals surface area contributed by atoms with Gasteiger partial charge in [0.2, 0.25) is 0 Å². The van der Waals surface area contributed by atoms with Gasteiger partial charge in [0.25, 0.3) is 0 Å². The summed E-state index contributed by atoms with van der Waals surface area (Å²) in [6.45, 7) is 0. The first-order valence-corrected chi connectivity index (χ1v) is 8.35. The number of ether oxygens (including phenoxy) is 1. The fourth-order valence-electron chi connectivity index (χ4n) is 1.96. The van der Waals surface area contributed by atoms with E-state index in [9.17, 15) is 22.7 Å². The smallest absolute Gasteiger partial charge is 0.341 e. The molecule has 0 aliphatic rings. The van der Waals surface area contributed by atoms with Gasteiger partial charge in [-0.1, -0.05) is 17.7 Å². The van der Waals surface area contributed by atoms with E-state index in [1.54, 1.807) is 0 Å². The Bertz CT molecular complexity index is 864. The minimum absolute atomic E-state index is 0.0915. The molecule has 2 rings (SSSR count). The van der Waals surface area contributed by atoms with E-state index >= 15 is 0 Å². The summed E-state index contributed by atoms with van der Waals surface area (Å²) in [6.07, 6.45) is 0. The average Bonchev–Trinajstić information content (AvgIpc) is 2.48. The number of sulfone groups is 1. The van der Waals surface area contributed by atoms with Crippen molar-refractivity contribution >= 4 is 27.4 Å². The molecule has 0 fully saturated rings. The molecule has 0 spiro atoms. The quantitative estimate of drug-likeness (QED) is 0.850. The van der Waals surface area contributed by atoms with Gasteiger partial charge in [0.15, 0.2) is 9.84 Å². The van der Waals surface area contributed by atoms with Crippen molar-refractivity contribution in [3.05, 3.63) is 58.4 Å². The van der Waals surface area contributed by atoms with Crippen molar-refractivity contribution in [1.82, 2.24) is 0 Å². The lowest BCUT2D eigenvalue weighted by Gasteiger charge is -2.08. The molecule has 0 atom stereocenters. The van der Waals surface area contributed by atoms with Crippen molar-refractivity contribution in [2.45, 2.75) is 10.6 Å². The van der Waals surface area contributed by atoms with E-state index in [2.05, 4.69) is 4.74 Å². The summed E-state index contributed by atoms with van der Waals surface area (Å²) in [4.78, 5) is 10.8. The van der Waals surface area contributed by atoms with Crippen molar-refractivity contribution in [2.75, 3.05) is 7.11 Å². The van der Waals surface area contributed by atoms with Crippen LogP contribution < -0.4 is 0 Å². The first-order chi connectivity index (χ1) is 10.7. The summed E-state index contributed by atoms with van der Waals surface area (Å²) in [6, 6.07) is 6.92. The molecule has 0 aliphatic carbocycles. The van der Waals surface area contributed by atoms with E-state index < -0.39 is 38.0 Å². The third-order valence-electron chi connectivity index (χ3n) is 3.05. The number of rotatable bonds is 4. The van der Waals surface area contributed by atoms with Crippen LogP contribution in [0, 0.1) is 5.82 Å². The van der Waals surface area contributed by atoms with Crippen LogP contribution >= 0.6 is 11.6 Å². The van der Waals surface area contributed by atoms with Crippen molar-refractivity contribution in [3.63, 3.8) is 0 Å². The molecule has 2 aromatic rings. The molecule has 0 saturated heterocycles. The predicted octanol–water partition coefficient (Wildman–Crippen LogP) is 2.95. The molecule has 0 aliphatic heterocycles. The van der Waals surface area contributed by atoms with Gasteiger partial charge in [0.05, 0.1) is 12.9 Å². The van der Waals surface area contributed by atoms with Crippen LogP contribution in [-0.4, -0.2) is 26.6 Å². The van der Waals surface area contributed by atoms with Gasteiger partial charge in [0.1, 0.15) is 22.0 Å². The van der Waals surface area contributed by atoms with E-state index in [4.69, 9.17) is 11.6 Å². The molecule has 0 heterocycles. The fourth-order valence-corrected chi connectivity index (χ4v) is 3.64. The van der Waals surface area contributed by atoms with Gasteiger partial charge in [-0.25, -0.2) is 17.6 Å². The lowest BCUT2D eigenvalue weighted by Crippen LogP contribution is -2.08. The Kier molecular flexibility index (Phi) is 4.91. The minimum atomic E-state index is -4.01. The van der Waals surface area contributed by atoms with Crippen LogP contribution in [-0.2, 0) is 20.3 Å². The molecule has 8 heteroatoms. The fraction of sp³-hybridized carbons (Fsp3) is 0.133. The minimum Gasteiger partial charge on any atom is -0.507 e. The number of phenolic OH excluding ortho intramolecular Hbond substituents is 1. The second-order valence-corrected chi connectivity index (χ2v) is 7.07. The molecule has 0 radical (unpaired) electrons. The average molecular weight is 359 g/mol. The highest BCUT2D eigenvalue weighted by molar-refractivity contribution is 7.90. The Morgan fingerprint density at radius 3 is 2.57 bits per heavy atom. The SMILES string of the molecule is COC(=O)c1ccc(CS(=O)(=O)c2cc(Cl)ccc2F)cc1O. The highest BCUT2D eigenvalue weighted by atomic mass is 35.5. The molecule has 2 aromatic carbocycles. The van der Waals surface area contributed by atoms with Gasteiger partial charge < -0.3 is 9.84 Å². The lowest BCUT2D eigenvalue weighted by molar-refractivity contribution is 0.0597. The Hall–Kier alpha value is -2.12. The summed E-state index contributed by atoms with van der Waals surface area (Å²) in [7, 11) is -2.85. The molecule has 5 nitrogen and oxygen atoms in total. The summed E-state index contributed by atoms with van der Waals surface area (Å²) >= 11 is 5.70.